The van der Waals surface area contributed by atoms with E-state index in [1.807, 2.05) is 48.6 Å². The third-order valence-electron chi connectivity index (χ3n) is 12.9. The Labute approximate surface area is 437 Å². The number of aryl methyl sites for hydroxylation is 10. The fraction of sp³-hybridized carbons (Fsp3) is 0.343. The van der Waals surface area contributed by atoms with Crippen LogP contribution in [-0.2, 0) is 25.7 Å². The van der Waals surface area contributed by atoms with Gasteiger partial charge in [-0.05, 0) is 223 Å². The van der Waals surface area contributed by atoms with Crippen LogP contribution in [0.3, 0.4) is 0 Å². The van der Waals surface area contributed by atoms with E-state index < -0.39 is 0 Å². The standard InChI is InChI=1S/C28H36.C22H28O2.C20H24/c1-5-7-9-11-13-15-17-25-19-23(3)22-28-26(20-24(4)21-27(25)28)18-16-14-12-10-8-6-2;1-5-7-9-11-23-21-15-17(3)14-20-19(21)13-18(4)16-22(20)24-12-10-8-6-2;1-5-7-9-17-11-15(3)14-20-18(10-8-6-2)12-16(4)13-19(17)20/h5-10,19-22H,1-2,11-18H2,3-4H3;5-6,13-16H,1-2,7-12H2,3-4H3;5-6,11-14H,1-2,7-10H2,3-4H3/b9-7+,10-8+;;. The van der Waals surface area contributed by atoms with Crippen LogP contribution in [0.15, 0.2) is 173 Å². The molecule has 0 heterocycles. The van der Waals surface area contributed by atoms with Gasteiger partial charge in [0.2, 0.25) is 0 Å². The minimum absolute atomic E-state index is 0.702. The van der Waals surface area contributed by atoms with Crippen molar-refractivity contribution in [3.63, 3.8) is 0 Å². The van der Waals surface area contributed by atoms with Crippen LogP contribution >= 0.6 is 0 Å². The summed E-state index contributed by atoms with van der Waals surface area (Å²) in [5.74, 6) is 1.88. The molecule has 0 radical (unpaired) electrons. The SMILES string of the molecule is C=C/C=C/CCCCc1cc(C)cc2c(CCCC/C=C/C=C)cc(C)cc12.C=CCCCOc1cc(C)cc2c(OCCCC=C)cc(C)cc12.C=CCCc1cc(C)cc2c(CCC=C)cc(C)cc12. The van der Waals surface area contributed by atoms with Gasteiger partial charge in [0.15, 0.2) is 0 Å². The van der Waals surface area contributed by atoms with Crippen LogP contribution in [0.5, 0.6) is 11.5 Å². The quantitative estimate of drug-likeness (QED) is 0.0277. The van der Waals surface area contributed by atoms with E-state index in [2.05, 4.69) is 166 Å². The molecule has 0 aromatic heterocycles. The molecule has 6 rings (SSSR count). The molecular weight excluding hydrogens is 873 g/mol. The Kier molecular flexibility index (Phi) is 26.3. The lowest BCUT2D eigenvalue weighted by Gasteiger charge is -2.15. The molecule has 0 aliphatic rings. The van der Waals surface area contributed by atoms with Crippen molar-refractivity contribution in [3.8, 4) is 11.5 Å². The normalized spacial score (nSPS) is 11.0. The Bertz CT molecular complexity index is 2580. The maximum Gasteiger partial charge on any atom is 0.127 e. The van der Waals surface area contributed by atoms with E-state index in [4.69, 9.17) is 9.47 Å². The van der Waals surface area contributed by atoms with Gasteiger partial charge >= 0.3 is 0 Å². The third kappa shape index (κ3) is 19.3. The molecule has 6 aromatic carbocycles. The third-order valence-corrected chi connectivity index (χ3v) is 12.9. The van der Waals surface area contributed by atoms with E-state index >= 15 is 0 Å². The predicted molar refractivity (Wildman–Crippen MR) is 321 cm³/mol. The molecule has 72 heavy (non-hydrogen) atoms. The van der Waals surface area contributed by atoms with Gasteiger partial charge in [0.25, 0.3) is 0 Å². The van der Waals surface area contributed by atoms with Crippen molar-refractivity contribution in [2.45, 2.75) is 144 Å². The largest absolute Gasteiger partial charge is 0.493 e. The summed E-state index contributed by atoms with van der Waals surface area (Å²) in [6.07, 6.45) is 37.8. The Morgan fingerprint density at radius 1 is 0.319 bits per heavy atom. The first-order valence-electron chi connectivity index (χ1n) is 26.8. The number of unbranched alkanes of at least 4 members (excludes halogenated alkanes) is 6. The molecule has 2 heteroatoms. The molecule has 0 N–H and O–H groups in total. The van der Waals surface area contributed by atoms with Crippen LogP contribution in [0, 0.1) is 41.5 Å². The summed E-state index contributed by atoms with van der Waals surface area (Å²) >= 11 is 0. The maximum absolute atomic E-state index is 6.04. The van der Waals surface area contributed by atoms with Crippen molar-refractivity contribution in [2.75, 3.05) is 13.2 Å². The predicted octanol–water partition coefficient (Wildman–Crippen LogP) is 20.2. The Balaban J connectivity index is 0.000000238. The number of fused-ring (bicyclic) bond motifs is 3. The Morgan fingerprint density at radius 3 is 0.944 bits per heavy atom. The molecule has 0 saturated heterocycles. The second-order valence-electron chi connectivity index (χ2n) is 19.5. The summed E-state index contributed by atoms with van der Waals surface area (Å²) < 4.78 is 12.1. The van der Waals surface area contributed by atoms with Crippen LogP contribution in [0.4, 0.5) is 0 Å². The molecule has 0 bridgehead atoms. The number of hydrogen-bond donors (Lipinski definition) is 0. The van der Waals surface area contributed by atoms with E-state index in [0.29, 0.717) is 13.2 Å². The fourth-order valence-corrected chi connectivity index (χ4v) is 9.47. The van der Waals surface area contributed by atoms with Crippen LogP contribution in [-0.4, -0.2) is 13.2 Å². The van der Waals surface area contributed by atoms with Gasteiger partial charge in [-0.25, -0.2) is 0 Å². The highest BCUT2D eigenvalue weighted by molar-refractivity contribution is 5.95. The van der Waals surface area contributed by atoms with E-state index in [-0.39, 0.29) is 0 Å². The van der Waals surface area contributed by atoms with Gasteiger partial charge in [0, 0.05) is 10.8 Å². The average Bonchev–Trinajstić information content (AvgIpc) is 3.35. The highest BCUT2D eigenvalue weighted by atomic mass is 16.5. The number of hydrogen-bond acceptors (Lipinski definition) is 2. The molecule has 0 atom stereocenters. The van der Waals surface area contributed by atoms with Crippen molar-refractivity contribution >= 4 is 32.3 Å². The van der Waals surface area contributed by atoms with Crippen molar-refractivity contribution in [2.24, 2.45) is 0 Å². The van der Waals surface area contributed by atoms with E-state index in [1.54, 1.807) is 0 Å². The van der Waals surface area contributed by atoms with Crippen molar-refractivity contribution < 1.29 is 9.47 Å². The highest BCUT2D eigenvalue weighted by Crippen LogP contribution is 2.36. The zero-order chi connectivity index (χ0) is 52.1. The Hall–Kier alpha value is -6.38. The molecule has 0 unspecified atom stereocenters. The van der Waals surface area contributed by atoms with Gasteiger partial charge in [-0.2, -0.15) is 0 Å². The number of ether oxygens (including phenoxy) is 2. The molecule has 0 saturated carbocycles. The number of allylic oxidation sites excluding steroid dienone is 10. The molecule has 0 fully saturated rings. The summed E-state index contributed by atoms with van der Waals surface area (Å²) in [4.78, 5) is 0. The molecule has 0 aliphatic carbocycles. The molecule has 0 aliphatic heterocycles. The van der Waals surface area contributed by atoms with E-state index in [1.165, 1.54) is 103 Å². The highest BCUT2D eigenvalue weighted by Gasteiger charge is 2.12. The van der Waals surface area contributed by atoms with Crippen LogP contribution in [0.2, 0.25) is 0 Å². The zero-order valence-corrected chi connectivity index (χ0v) is 45.5. The monoisotopic (exact) mass is 961 g/mol. The van der Waals surface area contributed by atoms with E-state index in [9.17, 15) is 0 Å². The molecule has 0 spiro atoms. The molecule has 2 nitrogen and oxygen atoms in total. The summed E-state index contributed by atoms with van der Waals surface area (Å²) in [5.41, 5.74) is 13.7. The molecule has 6 aromatic rings. The summed E-state index contributed by atoms with van der Waals surface area (Å²) in [7, 11) is 0. The molecule has 0 amide bonds. The first kappa shape index (κ1) is 58.2. The first-order valence-corrected chi connectivity index (χ1v) is 26.8. The first-order chi connectivity index (χ1) is 35.0. The lowest BCUT2D eigenvalue weighted by Crippen LogP contribution is -2.00. The van der Waals surface area contributed by atoms with Gasteiger partial charge < -0.3 is 9.47 Å². The fourth-order valence-electron chi connectivity index (χ4n) is 9.47. The van der Waals surface area contributed by atoms with Crippen molar-refractivity contribution in [1.82, 2.24) is 0 Å². The average molecular weight is 961 g/mol. The smallest absolute Gasteiger partial charge is 0.127 e. The second kappa shape index (κ2) is 32.6. The van der Waals surface area contributed by atoms with Gasteiger partial charge in [0.1, 0.15) is 11.5 Å². The summed E-state index contributed by atoms with van der Waals surface area (Å²) in [6.45, 7) is 37.1. The number of benzene rings is 6. The Morgan fingerprint density at radius 2 is 0.625 bits per heavy atom. The van der Waals surface area contributed by atoms with Crippen molar-refractivity contribution in [1.29, 1.82) is 0 Å². The maximum atomic E-state index is 6.04. The minimum Gasteiger partial charge on any atom is -0.493 e. The molecule has 380 valence electrons. The van der Waals surface area contributed by atoms with Crippen LogP contribution < -0.4 is 9.47 Å². The lowest BCUT2D eigenvalue weighted by atomic mass is 9.91. The van der Waals surface area contributed by atoms with Gasteiger partial charge in [-0.3, -0.25) is 0 Å². The topological polar surface area (TPSA) is 18.5 Å². The van der Waals surface area contributed by atoms with Crippen LogP contribution in [0.25, 0.3) is 32.3 Å². The second-order valence-corrected chi connectivity index (χ2v) is 19.5. The minimum atomic E-state index is 0.702. The summed E-state index contributed by atoms with van der Waals surface area (Å²) in [6, 6.07) is 27.4. The molecular formula is C70H88O2. The van der Waals surface area contributed by atoms with Gasteiger partial charge in [-0.15, -0.1) is 26.3 Å². The van der Waals surface area contributed by atoms with Gasteiger partial charge in [-0.1, -0.05) is 145 Å². The lowest BCUT2D eigenvalue weighted by molar-refractivity contribution is 0.312. The van der Waals surface area contributed by atoms with Crippen molar-refractivity contribution in [3.05, 3.63) is 229 Å². The zero-order valence-electron chi connectivity index (χ0n) is 45.5. The van der Waals surface area contributed by atoms with Crippen LogP contribution in [0.1, 0.15) is 133 Å². The summed E-state index contributed by atoms with van der Waals surface area (Å²) in [5, 5.41) is 8.01. The van der Waals surface area contributed by atoms with Gasteiger partial charge in [0.05, 0.1) is 13.2 Å². The number of rotatable bonds is 28. The van der Waals surface area contributed by atoms with E-state index in [0.717, 1.165) is 99.3 Å².